The smallest absolute Gasteiger partial charge is 0.338 e. The van der Waals surface area contributed by atoms with Gasteiger partial charge in [-0.15, -0.1) is 0 Å². The first-order valence-corrected chi connectivity index (χ1v) is 14.8. The number of aliphatic hydroxyl groups excluding tert-OH is 1. The third-order valence-electron chi connectivity index (χ3n) is 12.5. The van der Waals surface area contributed by atoms with E-state index in [1.807, 2.05) is 6.07 Å². The maximum atomic E-state index is 13.5. The number of carbonyl (C=O) groups is 1. The number of likely N-dealkylation sites (tertiary alicyclic amines) is 1. The number of methoxy groups -OCH3 is 4. The Balaban J connectivity index is 1.46. The van der Waals surface area contributed by atoms with Crippen molar-refractivity contribution in [2.75, 3.05) is 48.6 Å². The molecule has 0 amide bonds. The van der Waals surface area contributed by atoms with Crippen LogP contribution in [0.2, 0.25) is 0 Å². The zero-order valence-electron chi connectivity index (χ0n) is 24.4. The summed E-state index contributed by atoms with van der Waals surface area (Å²) in [4.78, 5) is 15.8. The van der Waals surface area contributed by atoms with E-state index in [1.54, 1.807) is 45.6 Å². The van der Waals surface area contributed by atoms with Crippen molar-refractivity contribution >= 4 is 5.97 Å². The second-order valence-corrected chi connectivity index (χ2v) is 13.6. The van der Waals surface area contributed by atoms with Gasteiger partial charge in [-0.2, -0.15) is 0 Å². The fourth-order valence-electron chi connectivity index (χ4n) is 11.8. The van der Waals surface area contributed by atoms with Crippen LogP contribution >= 0.6 is 0 Å². The molecule has 7 bridgehead atoms. The summed E-state index contributed by atoms with van der Waals surface area (Å²) in [6.45, 7) is 1.29. The Morgan fingerprint density at radius 3 is 2.39 bits per heavy atom. The summed E-state index contributed by atoms with van der Waals surface area (Å²) in [5, 5.41) is 37.6. The van der Waals surface area contributed by atoms with Gasteiger partial charge in [0.05, 0.1) is 24.4 Å². The largest absolute Gasteiger partial charge is 0.455 e. The predicted molar refractivity (Wildman–Crippen MR) is 145 cm³/mol. The summed E-state index contributed by atoms with van der Waals surface area (Å²) in [7, 11) is 8.65. The topological polar surface area (TPSA) is 127 Å². The van der Waals surface area contributed by atoms with Crippen molar-refractivity contribution in [3.8, 4) is 0 Å². The van der Waals surface area contributed by atoms with Gasteiger partial charge in [-0.1, -0.05) is 18.2 Å². The van der Waals surface area contributed by atoms with E-state index in [0.29, 0.717) is 12.2 Å². The summed E-state index contributed by atoms with van der Waals surface area (Å²) in [5.74, 6) is -2.30. The zero-order chi connectivity index (χ0) is 29.1. The summed E-state index contributed by atoms with van der Waals surface area (Å²) in [5.41, 5.74) is -3.95. The summed E-state index contributed by atoms with van der Waals surface area (Å²) >= 11 is 0. The number of hydrogen-bond donors (Lipinski definition) is 3. The van der Waals surface area contributed by atoms with E-state index in [4.69, 9.17) is 23.7 Å². The average Bonchev–Trinajstić information content (AvgIpc) is 3.36. The molecule has 0 aromatic heterocycles. The minimum atomic E-state index is -1.76. The van der Waals surface area contributed by atoms with Crippen LogP contribution in [0.4, 0.5) is 0 Å². The van der Waals surface area contributed by atoms with Crippen molar-refractivity contribution in [1.82, 2.24) is 4.90 Å². The Labute approximate surface area is 240 Å². The van der Waals surface area contributed by atoms with Crippen LogP contribution in [-0.2, 0) is 23.7 Å². The first kappa shape index (κ1) is 28.2. The summed E-state index contributed by atoms with van der Waals surface area (Å²) in [6, 6.07) is 8.46. The molecule has 1 heterocycles. The van der Waals surface area contributed by atoms with Crippen molar-refractivity contribution in [2.45, 2.75) is 67.0 Å². The Morgan fingerprint density at radius 1 is 1.02 bits per heavy atom. The highest BCUT2D eigenvalue weighted by atomic mass is 16.6. The molecule has 10 heteroatoms. The Morgan fingerprint density at radius 2 is 1.76 bits per heavy atom. The molecule has 226 valence electrons. The molecule has 6 fully saturated rings. The first-order chi connectivity index (χ1) is 19.6. The van der Waals surface area contributed by atoms with Crippen molar-refractivity contribution in [3.05, 3.63) is 35.9 Å². The Bertz CT molecular complexity index is 1200. The first-order valence-electron chi connectivity index (χ1n) is 14.8. The van der Waals surface area contributed by atoms with E-state index >= 15 is 0 Å². The molecule has 6 aliphatic rings. The number of benzene rings is 1. The number of piperidine rings is 1. The second kappa shape index (κ2) is 9.19. The van der Waals surface area contributed by atoms with E-state index in [0.717, 1.165) is 19.4 Å². The predicted octanol–water partition coefficient (Wildman–Crippen LogP) is 0.716. The van der Waals surface area contributed by atoms with E-state index in [9.17, 15) is 20.1 Å². The molecule has 41 heavy (non-hydrogen) atoms. The van der Waals surface area contributed by atoms with Crippen LogP contribution in [0.25, 0.3) is 0 Å². The number of nitrogens with zero attached hydrogens (tertiary/aromatic N) is 1. The van der Waals surface area contributed by atoms with Gasteiger partial charge in [-0.25, -0.2) is 4.79 Å². The maximum absolute atomic E-state index is 13.5. The molecule has 0 radical (unpaired) electrons. The molecule has 5 aliphatic carbocycles. The van der Waals surface area contributed by atoms with Crippen LogP contribution in [0.1, 0.15) is 29.6 Å². The fraction of sp³-hybridized carbons (Fsp3) is 0.774. The van der Waals surface area contributed by atoms with Crippen molar-refractivity contribution in [3.63, 3.8) is 0 Å². The lowest BCUT2D eigenvalue weighted by atomic mass is 9.43. The van der Waals surface area contributed by atoms with Gasteiger partial charge in [0.15, 0.2) is 0 Å². The van der Waals surface area contributed by atoms with Crippen LogP contribution in [-0.4, -0.2) is 123 Å². The maximum Gasteiger partial charge on any atom is 0.338 e. The standard InChI is InChI=1S/C31H43NO9/c1-32-14-28(15-37-2)12-11-18(38-3)30-17-13-29(35)25(41-27(34)16-9-7-6-8-10-16)19(17)31(36,24(33)26(29)40-5)20(23(30)32)21(39-4)22(28)30/h6-10,17-26,33,35-36H,11-15H2,1-5H3/t17-,18+,19-,20?,21+,22-,23?,24+,25?,26+,28+,29+,30?,31-/m1/s1. The van der Waals surface area contributed by atoms with Gasteiger partial charge in [0.25, 0.3) is 0 Å². The fourth-order valence-corrected chi connectivity index (χ4v) is 11.8. The Kier molecular flexibility index (Phi) is 6.31. The van der Waals surface area contributed by atoms with Crippen LogP contribution in [0.5, 0.6) is 0 Å². The molecule has 1 spiro atoms. The lowest BCUT2D eigenvalue weighted by Gasteiger charge is -2.69. The molecule has 1 aliphatic heterocycles. The lowest BCUT2D eigenvalue weighted by Crippen LogP contribution is -2.79. The van der Waals surface area contributed by atoms with Gasteiger partial charge < -0.3 is 43.9 Å². The molecule has 4 unspecified atom stereocenters. The number of carbonyl (C=O) groups excluding carboxylic acids is 1. The summed E-state index contributed by atoms with van der Waals surface area (Å²) < 4.78 is 30.6. The molecule has 1 aromatic carbocycles. The van der Waals surface area contributed by atoms with Crippen LogP contribution in [0, 0.1) is 34.5 Å². The van der Waals surface area contributed by atoms with Gasteiger partial charge in [-0.3, -0.25) is 0 Å². The van der Waals surface area contributed by atoms with Crippen LogP contribution in [0.3, 0.4) is 0 Å². The highest BCUT2D eigenvalue weighted by Gasteiger charge is 2.90. The van der Waals surface area contributed by atoms with E-state index in [2.05, 4.69) is 11.9 Å². The molecule has 7 rings (SSSR count). The lowest BCUT2D eigenvalue weighted by molar-refractivity contribution is -0.313. The SMILES string of the molecule is COC[C@@]12CC[C@H](OC)C34C(C([C@H](OC)[C@@H]31)[C@@]1(O)[C@@H](O)[C@H](OC)[C@]3(O)C[C@@H]4[C@@H]1C3OC(=O)c1ccccc1)N(C)C2. The molecule has 1 saturated heterocycles. The monoisotopic (exact) mass is 573 g/mol. The molecule has 14 atom stereocenters. The van der Waals surface area contributed by atoms with Gasteiger partial charge in [-0.05, 0) is 44.4 Å². The highest BCUT2D eigenvalue weighted by molar-refractivity contribution is 5.89. The molecule has 5 saturated carbocycles. The van der Waals surface area contributed by atoms with E-state index in [1.165, 1.54) is 7.11 Å². The minimum Gasteiger partial charge on any atom is -0.455 e. The Hall–Kier alpha value is -1.63. The number of aliphatic hydroxyl groups is 3. The number of hydrogen-bond acceptors (Lipinski definition) is 10. The molecule has 3 N–H and O–H groups in total. The third kappa shape index (κ3) is 3.08. The number of fused-ring (bicyclic) bond motifs is 2. The van der Waals surface area contributed by atoms with Crippen molar-refractivity contribution in [1.29, 1.82) is 0 Å². The molecular formula is C31H43NO9. The van der Waals surface area contributed by atoms with Gasteiger partial charge in [0.1, 0.15) is 29.5 Å². The summed E-state index contributed by atoms with van der Waals surface area (Å²) in [6.07, 6.45) is -2.45. The number of esters is 1. The number of rotatable bonds is 7. The van der Waals surface area contributed by atoms with E-state index < -0.39 is 58.8 Å². The van der Waals surface area contributed by atoms with Crippen molar-refractivity contribution < 1.29 is 43.8 Å². The van der Waals surface area contributed by atoms with Gasteiger partial charge >= 0.3 is 5.97 Å². The minimum absolute atomic E-state index is 0.0644. The third-order valence-corrected chi connectivity index (χ3v) is 12.5. The molecule has 1 aromatic rings. The quantitative estimate of drug-likeness (QED) is 0.402. The van der Waals surface area contributed by atoms with E-state index in [-0.39, 0.29) is 35.8 Å². The van der Waals surface area contributed by atoms with Crippen molar-refractivity contribution in [2.24, 2.45) is 34.5 Å². The van der Waals surface area contributed by atoms with Gasteiger partial charge in [0.2, 0.25) is 0 Å². The average molecular weight is 574 g/mol. The van der Waals surface area contributed by atoms with Gasteiger partial charge in [0, 0.05) is 69.6 Å². The number of ether oxygens (including phenoxy) is 5. The normalized spacial score (nSPS) is 52.9. The zero-order valence-corrected chi connectivity index (χ0v) is 24.4. The second-order valence-electron chi connectivity index (χ2n) is 13.6. The highest BCUT2D eigenvalue weighted by Crippen LogP contribution is 2.80. The van der Waals surface area contributed by atoms with Crippen LogP contribution < -0.4 is 0 Å². The molecule has 10 nitrogen and oxygen atoms in total. The molecular weight excluding hydrogens is 530 g/mol. The van der Waals surface area contributed by atoms with Crippen LogP contribution in [0.15, 0.2) is 30.3 Å².